The third kappa shape index (κ3) is 2.77. The maximum atomic E-state index is 12.3. The van der Waals surface area contributed by atoms with Crippen molar-refractivity contribution in [1.82, 2.24) is 0 Å². The maximum absolute atomic E-state index is 12.3. The maximum Gasteiger partial charge on any atom is 0.378 e. The van der Waals surface area contributed by atoms with Gasteiger partial charge in [0.2, 0.25) is 0 Å². The van der Waals surface area contributed by atoms with Crippen LogP contribution in [0.1, 0.15) is 12.5 Å². The molecule has 1 spiro atoms. The molecule has 0 bridgehead atoms. The molecule has 2 aliphatic rings. The third-order valence-corrected chi connectivity index (χ3v) is 3.59. The van der Waals surface area contributed by atoms with Crippen molar-refractivity contribution in [2.75, 3.05) is 11.5 Å². The molecule has 0 atom stereocenters. The lowest BCUT2D eigenvalue weighted by Crippen LogP contribution is -2.48. The Balaban J connectivity index is 2.06. The van der Waals surface area contributed by atoms with Gasteiger partial charge in [-0.2, -0.15) is 0 Å². The van der Waals surface area contributed by atoms with Crippen molar-refractivity contribution in [3.63, 3.8) is 0 Å². The minimum Gasteiger partial charge on any atom is -0.460 e. The number of nitrogens with zero attached hydrogens (tertiary/aromatic N) is 2. The molecule has 5 nitrogen and oxygen atoms in total. The summed E-state index contributed by atoms with van der Waals surface area (Å²) in [5.74, 6) is -0.379. The SMILES string of the molecule is CCOC(=O)C1=NOC2(C=CC=CC=C2)N1c1ccc(C)cc1. The van der Waals surface area contributed by atoms with Crippen LogP contribution in [-0.2, 0) is 14.4 Å². The van der Waals surface area contributed by atoms with E-state index < -0.39 is 11.7 Å². The van der Waals surface area contributed by atoms with Crippen LogP contribution in [-0.4, -0.2) is 24.1 Å². The topological polar surface area (TPSA) is 51.1 Å². The predicted molar refractivity (Wildman–Crippen MR) is 89.0 cm³/mol. The number of anilines is 1. The second kappa shape index (κ2) is 6.12. The number of rotatable bonds is 3. The lowest BCUT2D eigenvalue weighted by atomic mass is 10.1. The number of hydrogen-bond donors (Lipinski definition) is 0. The highest BCUT2D eigenvalue weighted by Gasteiger charge is 2.46. The van der Waals surface area contributed by atoms with E-state index in [1.165, 1.54) is 0 Å². The summed E-state index contributed by atoms with van der Waals surface area (Å²) >= 11 is 0. The number of carbonyl (C=O) groups is 1. The number of aryl methyl sites for hydroxylation is 1. The molecule has 0 saturated heterocycles. The van der Waals surface area contributed by atoms with Crippen LogP contribution in [0, 0.1) is 6.92 Å². The fourth-order valence-corrected chi connectivity index (χ4v) is 2.49. The largest absolute Gasteiger partial charge is 0.460 e. The van der Waals surface area contributed by atoms with Gasteiger partial charge >= 0.3 is 5.97 Å². The van der Waals surface area contributed by atoms with Gasteiger partial charge in [-0.3, -0.25) is 4.90 Å². The van der Waals surface area contributed by atoms with Gasteiger partial charge in [-0.25, -0.2) is 4.79 Å². The summed E-state index contributed by atoms with van der Waals surface area (Å²) in [5.41, 5.74) is 0.961. The quantitative estimate of drug-likeness (QED) is 0.805. The Labute approximate surface area is 135 Å². The van der Waals surface area contributed by atoms with Crippen LogP contribution in [0.2, 0.25) is 0 Å². The minimum atomic E-state index is -0.971. The summed E-state index contributed by atoms with van der Waals surface area (Å²) < 4.78 is 5.11. The second-order valence-electron chi connectivity index (χ2n) is 5.25. The number of hydrogen-bond acceptors (Lipinski definition) is 5. The smallest absolute Gasteiger partial charge is 0.378 e. The molecule has 0 fully saturated rings. The van der Waals surface area contributed by atoms with Gasteiger partial charge in [0.1, 0.15) is 0 Å². The van der Waals surface area contributed by atoms with E-state index in [0.717, 1.165) is 11.3 Å². The van der Waals surface area contributed by atoms with E-state index in [-0.39, 0.29) is 12.4 Å². The van der Waals surface area contributed by atoms with E-state index in [1.54, 1.807) is 11.8 Å². The monoisotopic (exact) mass is 310 g/mol. The first kappa shape index (κ1) is 15.1. The fraction of sp³-hybridized carbons (Fsp3) is 0.222. The zero-order valence-corrected chi connectivity index (χ0v) is 13.1. The number of amidine groups is 1. The molecule has 0 N–H and O–H groups in total. The molecule has 1 aromatic rings. The van der Waals surface area contributed by atoms with Crippen LogP contribution in [0.5, 0.6) is 0 Å². The second-order valence-corrected chi connectivity index (χ2v) is 5.25. The zero-order valence-electron chi connectivity index (χ0n) is 13.1. The molecule has 0 radical (unpaired) electrons. The molecule has 1 heterocycles. The van der Waals surface area contributed by atoms with Crippen LogP contribution in [0.4, 0.5) is 5.69 Å². The predicted octanol–water partition coefficient (Wildman–Crippen LogP) is 3.09. The summed E-state index contributed by atoms with van der Waals surface area (Å²) in [6.07, 6.45) is 11.2. The van der Waals surface area contributed by atoms with Gasteiger partial charge in [0.05, 0.1) is 6.61 Å². The highest BCUT2D eigenvalue weighted by Crippen LogP contribution is 2.34. The fourth-order valence-electron chi connectivity index (χ4n) is 2.49. The van der Waals surface area contributed by atoms with Crippen molar-refractivity contribution >= 4 is 17.5 Å². The van der Waals surface area contributed by atoms with Gasteiger partial charge in [0, 0.05) is 5.69 Å². The first-order valence-corrected chi connectivity index (χ1v) is 7.50. The molecule has 1 aromatic carbocycles. The van der Waals surface area contributed by atoms with Gasteiger partial charge in [0.15, 0.2) is 0 Å². The van der Waals surface area contributed by atoms with Crippen LogP contribution in [0.15, 0.2) is 65.9 Å². The molecule has 3 rings (SSSR count). The zero-order chi connectivity index (χ0) is 16.3. The third-order valence-electron chi connectivity index (χ3n) is 3.59. The molecule has 0 aromatic heterocycles. The van der Waals surface area contributed by atoms with Gasteiger partial charge in [-0.05, 0) is 38.1 Å². The molecule has 1 aliphatic heterocycles. The van der Waals surface area contributed by atoms with Crippen LogP contribution in [0.25, 0.3) is 0 Å². The van der Waals surface area contributed by atoms with E-state index in [4.69, 9.17) is 9.57 Å². The van der Waals surface area contributed by atoms with Gasteiger partial charge in [0.25, 0.3) is 11.6 Å². The standard InChI is InChI=1S/C18H18N2O3/c1-3-22-17(21)16-19-23-18(12-6-4-5-7-13-18)20(16)15-10-8-14(2)9-11-15/h4-13H,3H2,1-2H3. The first-order valence-electron chi connectivity index (χ1n) is 7.50. The average Bonchev–Trinajstić information content (AvgIpc) is 2.74. The Hall–Kier alpha value is -2.82. The Morgan fingerprint density at radius 3 is 2.43 bits per heavy atom. The van der Waals surface area contributed by atoms with Gasteiger partial charge in [-0.1, -0.05) is 47.2 Å². The Bertz CT molecular complexity index is 698. The number of allylic oxidation sites excluding steroid dienone is 4. The van der Waals surface area contributed by atoms with Crippen LogP contribution >= 0.6 is 0 Å². The summed E-state index contributed by atoms with van der Waals surface area (Å²) in [5, 5.41) is 3.99. The highest BCUT2D eigenvalue weighted by molar-refractivity contribution is 6.41. The molecule has 1 aliphatic carbocycles. The molecular formula is C18H18N2O3. The van der Waals surface area contributed by atoms with Crippen LogP contribution in [0.3, 0.4) is 0 Å². The Morgan fingerprint density at radius 2 is 1.83 bits per heavy atom. The number of benzene rings is 1. The van der Waals surface area contributed by atoms with Crippen molar-refractivity contribution < 1.29 is 14.4 Å². The lowest BCUT2D eigenvalue weighted by molar-refractivity contribution is -0.135. The summed E-state index contributed by atoms with van der Waals surface area (Å²) in [7, 11) is 0. The Morgan fingerprint density at radius 1 is 1.17 bits per heavy atom. The minimum absolute atomic E-state index is 0.131. The molecule has 23 heavy (non-hydrogen) atoms. The van der Waals surface area contributed by atoms with Crippen molar-refractivity contribution in [1.29, 1.82) is 0 Å². The van der Waals surface area contributed by atoms with E-state index in [2.05, 4.69) is 5.16 Å². The number of oxime groups is 1. The average molecular weight is 310 g/mol. The summed E-state index contributed by atoms with van der Waals surface area (Å²) in [6, 6.07) is 7.82. The van der Waals surface area contributed by atoms with E-state index >= 15 is 0 Å². The van der Waals surface area contributed by atoms with Crippen molar-refractivity contribution in [3.8, 4) is 0 Å². The molecule has 0 amide bonds. The van der Waals surface area contributed by atoms with Crippen molar-refractivity contribution in [2.24, 2.45) is 5.16 Å². The van der Waals surface area contributed by atoms with Gasteiger partial charge in [-0.15, -0.1) is 0 Å². The summed E-state index contributed by atoms with van der Waals surface area (Å²) in [4.78, 5) is 19.6. The molecular weight excluding hydrogens is 292 g/mol. The van der Waals surface area contributed by atoms with Crippen molar-refractivity contribution in [3.05, 3.63) is 66.3 Å². The summed E-state index contributed by atoms with van der Waals surface area (Å²) in [6.45, 7) is 4.05. The molecule has 0 unspecified atom stereocenters. The molecule has 0 saturated carbocycles. The Kier molecular flexibility index (Phi) is 4.02. The van der Waals surface area contributed by atoms with Crippen LogP contribution < -0.4 is 4.90 Å². The highest BCUT2D eigenvalue weighted by atomic mass is 16.7. The number of ether oxygens (including phenoxy) is 1. The van der Waals surface area contributed by atoms with Crippen molar-refractivity contribution in [2.45, 2.75) is 19.6 Å². The number of esters is 1. The van der Waals surface area contributed by atoms with Gasteiger partial charge < -0.3 is 9.57 Å². The molecule has 5 heteroatoms. The van der Waals surface area contributed by atoms with E-state index in [1.807, 2.05) is 67.6 Å². The molecule has 118 valence electrons. The number of carbonyl (C=O) groups excluding carboxylic acids is 1. The normalized spacial score (nSPS) is 17.8. The lowest BCUT2D eigenvalue weighted by Gasteiger charge is -2.32. The van der Waals surface area contributed by atoms with E-state index in [0.29, 0.717) is 0 Å². The van der Waals surface area contributed by atoms with E-state index in [9.17, 15) is 4.79 Å². The first-order chi connectivity index (χ1) is 11.2.